The van der Waals surface area contributed by atoms with Gasteiger partial charge in [0.15, 0.2) is 5.76 Å². The highest BCUT2D eigenvalue weighted by atomic mass is 79.9. The zero-order chi connectivity index (χ0) is 18.8. The first-order chi connectivity index (χ1) is 13.1. The van der Waals surface area contributed by atoms with Crippen molar-refractivity contribution in [2.24, 2.45) is 0 Å². The molecular formula is C21H19BrN2O3. The summed E-state index contributed by atoms with van der Waals surface area (Å²) in [4.78, 5) is 26.3. The van der Waals surface area contributed by atoms with Crippen LogP contribution in [0, 0.1) is 0 Å². The van der Waals surface area contributed by atoms with Gasteiger partial charge >= 0.3 is 0 Å². The molecule has 0 radical (unpaired) electrons. The molecule has 2 heterocycles. The maximum atomic E-state index is 12.5. The number of likely N-dealkylation sites (tertiary alicyclic amines) is 1. The average Bonchev–Trinajstić information content (AvgIpc) is 3.26. The van der Waals surface area contributed by atoms with Gasteiger partial charge in [0.1, 0.15) is 5.58 Å². The Morgan fingerprint density at radius 2 is 1.96 bits per heavy atom. The second kappa shape index (κ2) is 7.56. The topological polar surface area (TPSA) is 62.6 Å². The quantitative estimate of drug-likeness (QED) is 0.663. The molecule has 4 rings (SSSR count). The summed E-state index contributed by atoms with van der Waals surface area (Å²) in [5.74, 6) is 0.229. The number of nitrogens with zero attached hydrogens (tertiary/aromatic N) is 1. The first-order valence-corrected chi connectivity index (χ1v) is 9.71. The fourth-order valence-electron chi connectivity index (χ4n) is 3.35. The Hall–Kier alpha value is -2.60. The smallest absolute Gasteiger partial charge is 0.287 e. The van der Waals surface area contributed by atoms with Gasteiger partial charge in [-0.1, -0.05) is 40.2 Å². The Balaban J connectivity index is 1.46. The van der Waals surface area contributed by atoms with Gasteiger partial charge in [0.25, 0.3) is 5.91 Å². The fourth-order valence-corrected chi connectivity index (χ4v) is 3.73. The lowest BCUT2D eigenvalue weighted by Gasteiger charge is -2.18. The van der Waals surface area contributed by atoms with Gasteiger partial charge in [-0.15, -0.1) is 0 Å². The van der Waals surface area contributed by atoms with Crippen LogP contribution in [0.2, 0.25) is 0 Å². The van der Waals surface area contributed by atoms with Crippen molar-refractivity contribution in [1.82, 2.24) is 10.2 Å². The van der Waals surface area contributed by atoms with Crippen LogP contribution in [-0.4, -0.2) is 23.3 Å². The first kappa shape index (κ1) is 17.8. The van der Waals surface area contributed by atoms with Crippen molar-refractivity contribution in [2.45, 2.75) is 25.9 Å². The summed E-state index contributed by atoms with van der Waals surface area (Å²) in [7, 11) is 0. The van der Waals surface area contributed by atoms with Crippen LogP contribution >= 0.6 is 15.9 Å². The van der Waals surface area contributed by atoms with E-state index in [1.165, 1.54) is 0 Å². The van der Waals surface area contributed by atoms with Crippen molar-refractivity contribution in [3.05, 3.63) is 69.9 Å². The molecule has 0 atom stereocenters. The predicted molar refractivity (Wildman–Crippen MR) is 106 cm³/mol. The minimum Gasteiger partial charge on any atom is -0.451 e. The number of halogens is 1. The van der Waals surface area contributed by atoms with E-state index in [-0.39, 0.29) is 17.6 Å². The predicted octanol–water partition coefficient (Wildman–Crippen LogP) is 4.25. The molecule has 5 nitrogen and oxygen atoms in total. The molecule has 1 N–H and O–H groups in total. The zero-order valence-corrected chi connectivity index (χ0v) is 16.3. The van der Waals surface area contributed by atoms with Crippen LogP contribution in [0.5, 0.6) is 0 Å². The molecule has 138 valence electrons. The molecule has 2 amide bonds. The zero-order valence-electron chi connectivity index (χ0n) is 14.7. The molecule has 6 heteroatoms. The van der Waals surface area contributed by atoms with Gasteiger partial charge in [-0.05, 0) is 41.8 Å². The lowest BCUT2D eigenvalue weighted by atomic mass is 10.1. The highest BCUT2D eigenvalue weighted by Crippen LogP contribution is 2.23. The second-order valence-corrected chi connectivity index (χ2v) is 7.58. The van der Waals surface area contributed by atoms with Crippen LogP contribution in [0.4, 0.5) is 0 Å². The van der Waals surface area contributed by atoms with Crippen molar-refractivity contribution in [1.29, 1.82) is 0 Å². The maximum absolute atomic E-state index is 12.5. The Bertz CT molecular complexity index is 1010. The molecule has 0 aliphatic carbocycles. The van der Waals surface area contributed by atoms with E-state index < -0.39 is 0 Å². The summed E-state index contributed by atoms with van der Waals surface area (Å²) in [6, 6.07) is 15.2. The lowest BCUT2D eigenvalue weighted by Crippen LogP contribution is -2.26. The van der Waals surface area contributed by atoms with Gasteiger partial charge in [-0.3, -0.25) is 9.59 Å². The third-order valence-corrected chi connectivity index (χ3v) is 5.29. The van der Waals surface area contributed by atoms with E-state index in [1.54, 1.807) is 6.07 Å². The first-order valence-electron chi connectivity index (χ1n) is 8.92. The van der Waals surface area contributed by atoms with E-state index in [9.17, 15) is 9.59 Å². The van der Waals surface area contributed by atoms with Crippen LogP contribution in [0.25, 0.3) is 11.0 Å². The van der Waals surface area contributed by atoms with Crippen LogP contribution in [0.15, 0.2) is 57.4 Å². The molecule has 1 saturated heterocycles. The number of nitrogens with one attached hydrogen (secondary N) is 1. The highest BCUT2D eigenvalue weighted by molar-refractivity contribution is 9.10. The van der Waals surface area contributed by atoms with Gasteiger partial charge in [-0.2, -0.15) is 0 Å². The minimum atomic E-state index is -0.255. The number of carbonyl (C=O) groups excluding carboxylic acids is 2. The normalized spacial score (nSPS) is 14.1. The van der Waals surface area contributed by atoms with E-state index >= 15 is 0 Å². The second-order valence-electron chi connectivity index (χ2n) is 6.66. The van der Waals surface area contributed by atoms with Crippen LogP contribution < -0.4 is 5.32 Å². The van der Waals surface area contributed by atoms with Crippen LogP contribution in [0.1, 0.15) is 34.5 Å². The highest BCUT2D eigenvalue weighted by Gasteiger charge is 2.21. The molecule has 0 unspecified atom stereocenters. The van der Waals surface area contributed by atoms with Crippen molar-refractivity contribution >= 4 is 38.7 Å². The Morgan fingerprint density at radius 1 is 1.15 bits per heavy atom. The Labute approximate surface area is 165 Å². The van der Waals surface area contributed by atoms with Gasteiger partial charge in [0.2, 0.25) is 5.91 Å². The largest absolute Gasteiger partial charge is 0.451 e. The number of fused-ring (bicyclic) bond motifs is 1. The Kier molecular flexibility index (Phi) is 4.99. The van der Waals surface area contributed by atoms with Gasteiger partial charge in [0, 0.05) is 35.9 Å². The van der Waals surface area contributed by atoms with Crippen molar-refractivity contribution in [2.75, 3.05) is 6.54 Å². The molecule has 0 spiro atoms. The summed E-state index contributed by atoms with van der Waals surface area (Å²) >= 11 is 3.42. The lowest BCUT2D eigenvalue weighted by molar-refractivity contribution is -0.128. The molecule has 1 aromatic heterocycles. The molecule has 0 saturated carbocycles. The third kappa shape index (κ3) is 3.90. The number of hydrogen-bond donors (Lipinski definition) is 1. The molecule has 1 fully saturated rings. The average molecular weight is 427 g/mol. The summed E-state index contributed by atoms with van der Waals surface area (Å²) in [6.45, 7) is 1.77. The van der Waals surface area contributed by atoms with E-state index in [0.717, 1.165) is 34.0 Å². The van der Waals surface area contributed by atoms with E-state index in [1.807, 2.05) is 47.4 Å². The van der Waals surface area contributed by atoms with Crippen molar-refractivity contribution in [3.8, 4) is 0 Å². The molecule has 3 aromatic rings. The number of rotatable bonds is 5. The summed E-state index contributed by atoms with van der Waals surface area (Å²) in [6.07, 6.45) is 1.54. The van der Waals surface area contributed by atoms with Gasteiger partial charge in [-0.25, -0.2) is 0 Å². The molecular weight excluding hydrogens is 408 g/mol. The van der Waals surface area contributed by atoms with Crippen molar-refractivity contribution < 1.29 is 14.0 Å². The molecule has 1 aliphatic heterocycles. The molecule has 0 bridgehead atoms. The number of benzene rings is 2. The Morgan fingerprint density at radius 3 is 2.74 bits per heavy atom. The minimum absolute atomic E-state index is 0.197. The van der Waals surface area contributed by atoms with Crippen molar-refractivity contribution in [3.63, 3.8) is 0 Å². The monoisotopic (exact) mass is 426 g/mol. The number of amides is 2. The number of hydrogen-bond acceptors (Lipinski definition) is 3. The number of furan rings is 1. The SMILES string of the molecule is O=C(NCc1ccccc1CN1CCCC1=O)c1cc2cc(Br)ccc2o1. The standard InChI is InChI=1S/C21H19BrN2O3/c22-17-7-8-18-16(10-17)11-19(27-18)21(26)23-12-14-4-1-2-5-15(14)13-24-9-3-6-20(24)25/h1-2,4-5,7-8,10-11H,3,6,9,12-13H2,(H,23,26). The fraction of sp³-hybridized carbons (Fsp3) is 0.238. The number of carbonyl (C=O) groups is 2. The van der Waals surface area contributed by atoms with E-state index in [0.29, 0.717) is 25.1 Å². The van der Waals surface area contributed by atoms with Crippen LogP contribution in [-0.2, 0) is 17.9 Å². The van der Waals surface area contributed by atoms with Gasteiger partial charge in [0.05, 0.1) is 0 Å². The van der Waals surface area contributed by atoms with E-state index in [4.69, 9.17) is 4.42 Å². The maximum Gasteiger partial charge on any atom is 0.287 e. The van der Waals surface area contributed by atoms with Gasteiger partial charge < -0.3 is 14.6 Å². The summed E-state index contributed by atoms with van der Waals surface area (Å²) in [5.41, 5.74) is 2.74. The van der Waals surface area contributed by atoms with Crippen LogP contribution in [0.3, 0.4) is 0 Å². The molecule has 2 aromatic carbocycles. The summed E-state index contributed by atoms with van der Waals surface area (Å²) in [5, 5.41) is 3.80. The van der Waals surface area contributed by atoms with E-state index in [2.05, 4.69) is 21.2 Å². The summed E-state index contributed by atoms with van der Waals surface area (Å²) < 4.78 is 6.58. The molecule has 27 heavy (non-hydrogen) atoms. The third-order valence-electron chi connectivity index (χ3n) is 4.79. The molecule has 1 aliphatic rings.